The van der Waals surface area contributed by atoms with E-state index in [0.717, 1.165) is 32.1 Å². The van der Waals surface area contributed by atoms with Crippen LogP contribution in [0.2, 0.25) is 0 Å². The second-order valence-corrected chi connectivity index (χ2v) is 4.66. The number of unbranched alkanes of at least 4 members (excludes halogenated alkanes) is 3. The maximum absolute atomic E-state index is 11.5. The summed E-state index contributed by atoms with van der Waals surface area (Å²) in [6.07, 6.45) is 4.60. The predicted molar refractivity (Wildman–Crippen MR) is 66.0 cm³/mol. The predicted octanol–water partition coefficient (Wildman–Crippen LogP) is 1.03. The summed E-state index contributed by atoms with van der Waals surface area (Å²) < 4.78 is 0. The fourth-order valence-electron chi connectivity index (χ4n) is 1.55. The van der Waals surface area contributed by atoms with Crippen molar-refractivity contribution in [1.82, 2.24) is 5.32 Å². The fourth-order valence-corrected chi connectivity index (χ4v) is 1.55. The van der Waals surface area contributed by atoms with Crippen LogP contribution in [0.25, 0.3) is 0 Å². The number of carbonyl (C=O) groups excluding carboxylic acids is 1. The number of nitrogens with two attached hydrogens (primary N) is 1. The van der Waals surface area contributed by atoms with Crippen molar-refractivity contribution in [2.45, 2.75) is 52.0 Å². The molecule has 0 aliphatic heterocycles. The molecule has 0 saturated carbocycles. The quantitative estimate of drug-likeness (QED) is 0.518. The van der Waals surface area contributed by atoms with E-state index in [1.165, 1.54) is 0 Å². The molecule has 0 aromatic carbocycles. The molecule has 0 spiro atoms. The Morgan fingerprint density at radius 2 is 1.88 bits per heavy atom. The Bertz CT molecular complexity index is 184. The zero-order chi connectivity index (χ0) is 12.4. The van der Waals surface area contributed by atoms with Gasteiger partial charge in [0.05, 0.1) is 6.04 Å². The largest absolute Gasteiger partial charge is 0.396 e. The third kappa shape index (κ3) is 8.68. The van der Waals surface area contributed by atoms with Gasteiger partial charge in [-0.3, -0.25) is 4.79 Å². The molecule has 0 rings (SSSR count). The Labute approximate surface area is 98.6 Å². The lowest BCUT2D eigenvalue weighted by Crippen LogP contribution is -2.41. The Morgan fingerprint density at radius 3 is 2.44 bits per heavy atom. The number of aliphatic hydroxyl groups excluding tert-OH is 1. The maximum atomic E-state index is 11.5. The molecule has 4 N–H and O–H groups in total. The molecule has 96 valence electrons. The zero-order valence-corrected chi connectivity index (χ0v) is 10.5. The van der Waals surface area contributed by atoms with Crippen LogP contribution in [0.5, 0.6) is 0 Å². The molecular formula is C12H26N2O2. The molecule has 0 aliphatic rings. The van der Waals surface area contributed by atoms with Gasteiger partial charge in [-0.15, -0.1) is 0 Å². The van der Waals surface area contributed by atoms with Crippen LogP contribution in [0.4, 0.5) is 0 Å². The van der Waals surface area contributed by atoms with Crippen LogP contribution < -0.4 is 11.1 Å². The maximum Gasteiger partial charge on any atom is 0.236 e. The van der Waals surface area contributed by atoms with E-state index in [0.29, 0.717) is 12.5 Å². The van der Waals surface area contributed by atoms with E-state index >= 15 is 0 Å². The number of rotatable bonds is 9. The summed E-state index contributed by atoms with van der Waals surface area (Å²) in [5, 5.41) is 11.4. The minimum Gasteiger partial charge on any atom is -0.396 e. The number of hydrogen-bond donors (Lipinski definition) is 3. The van der Waals surface area contributed by atoms with Crippen molar-refractivity contribution in [3.05, 3.63) is 0 Å². The lowest BCUT2D eigenvalue weighted by Gasteiger charge is -2.13. The summed E-state index contributed by atoms with van der Waals surface area (Å²) in [7, 11) is 0. The fraction of sp³-hybridized carbons (Fsp3) is 0.917. The molecule has 0 fully saturated rings. The van der Waals surface area contributed by atoms with Gasteiger partial charge in [-0.05, 0) is 25.2 Å². The molecule has 1 atom stereocenters. The SMILES string of the molecule is CC(C)C[C@@H](N)C(=O)NCCCCCCO. The molecule has 0 bridgehead atoms. The summed E-state index contributed by atoms with van der Waals surface area (Å²) in [4.78, 5) is 11.5. The molecule has 0 radical (unpaired) electrons. The van der Waals surface area contributed by atoms with E-state index in [-0.39, 0.29) is 18.6 Å². The highest BCUT2D eigenvalue weighted by molar-refractivity contribution is 5.81. The zero-order valence-electron chi connectivity index (χ0n) is 10.5. The van der Waals surface area contributed by atoms with Gasteiger partial charge < -0.3 is 16.2 Å². The van der Waals surface area contributed by atoms with Gasteiger partial charge in [0.2, 0.25) is 5.91 Å². The van der Waals surface area contributed by atoms with Crippen molar-refractivity contribution < 1.29 is 9.90 Å². The molecule has 1 amide bonds. The molecule has 4 heteroatoms. The highest BCUT2D eigenvalue weighted by atomic mass is 16.2. The number of nitrogens with one attached hydrogen (secondary N) is 1. The van der Waals surface area contributed by atoms with Crippen molar-refractivity contribution in [3.63, 3.8) is 0 Å². The van der Waals surface area contributed by atoms with Crippen molar-refractivity contribution >= 4 is 5.91 Å². The van der Waals surface area contributed by atoms with Crippen LogP contribution in [0.1, 0.15) is 46.0 Å². The molecule has 0 heterocycles. The Kier molecular flexibility index (Phi) is 9.24. The van der Waals surface area contributed by atoms with Crippen molar-refractivity contribution in [1.29, 1.82) is 0 Å². The number of aliphatic hydroxyl groups is 1. The van der Waals surface area contributed by atoms with Gasteiger partial charge in [0.25, 0.3) is 0 Å². The number of amides is 1. The first kappa shape index (κ1) is 15.4. The Morgan fingerprint density at radius 1 is 1.25 bits per heavy atom. The lowest BCUT2D eigenvalue weighted by molar-refractivity contribution is -0.122. The highest BCUT2D eigenvalue weighted by Crippen LogP contribution is 2.02. The van der Waals surface area contributed by atoms with Gasteiger partial charge in [0.1, 0.15) is 0 Å². The number of carbonyl (C=O) groups is 1. The third-order valence-electron chi connectivity index (χ3n) is 2.45. The van der Waals surface area contributed by atoms with Gasteiger partial charge in [-0.1, -0.05) is 26.7 Å². The molecule has 0 saturated heterocycles. The van der Waals surface area contributed by atoms with Crippen molar-refractivity contribution in [2.75, 3.05) is 13.2 Å². The van der Waals surface area contributed by atoms with Gasteiger partial charge in [0.15, 0.2) is 0 Å². The minimum atomic E-state index is -0.377. The molecule has 0 aromatic heterocycles. The monoisotopic (exact) mass is 230 g/mol. The van der Waals surface area contributed by atoms with Crippen LogP contribution in [-0.4, -0.2) is 30.2 Å². The van der Waals surface area contributed by atoms with Gasteiger partial charge in [-0.25, -0.2) is 0 Å². The average molecular weight is 230 g/mol. The highest BCUT2D eigenvalue weighted by Gasteiger charge is 2.13. The van der Waals surface area contributed by atoms with Crippen LogP contribution in [0, 0.1) is 5.92 Å². The minimum absolute atomic E-state index is 0.0455. The standard InChI is InChI=1S/C12H26N2O2/c1-10(2)9-11(13)12(16)14-7-5-3-4-6-8-15/h10-11,15H,3-9,13H2,1-2H3,(H,14,16)/t11-/m1/s1. The van der Waals surface area contributed by atoms with E-state index in [4.69, 9.17) is 10.8 Å². The Balaban J connectivity index is 3.42. The van der Waals surface area contributed by atoms with Crippen LogP contribution in [0.3, 0.4) is 0 Å². The summed E-state index contributed by atoms with van der Waals surface area (Å²) in [5.41, 5.74) is 5.74. The normalized spacial score (nSPS) is 12.8. The molecule has 4 nitrogen and oxygen atoms in total. The molecule has 0 aliphatic carbocycles. The van der Waals surface area contributed by atoms with E-state index in [9.17, 15) is 4.79 Å². The van der Waals surface area contributed by atoms with E-state index < -0.39 is 0 Å². The molecular weight excluding hydrogens is 204 g/mol. The first-order valence-electron chi connectivity index (χ1n) is 6.22. The van der Waals surface area contributed by atoms with Crippen LogP contribution in [-0.2, 0) is 4.79 Å². The van der Waals surface area contributed by atoms with Crippen LogP contribution in [0.15, 0.2) is 0 Å². The smallest absolute Gasteiger partial charge is 0.236 e. The third-order valence-corrected chi connectivity index (χ3v) is 2.45. The molecule has 0 aromatic rings. The first-order chi connectivity index (χ1) is 7.57. The summed E-state index contributed by atoms with van der Waals surface area (Å²) in [5.74, 6) is 0.404. The Hall–Kier alpha value is -0.610. The average Bonchev–Trinajstić information content (AvgIpc) is 2.21. The summed E-state index contributed by atoms with van der Waals surface area (Å²) in [6, 6.07) is -0.377. The van der Waals surface area contributed by atoms with Gasteiger partial charge >= 0.3 is 0 Å². The molecule has 16 heavy (non-hydrogen) atoms. The summed E-state index contributed by atoms with van der Waals surface area (Å²) in [6.45, 7) is 5.06. The van der Waals surface area contributed by atoms with Gasteiger partial charge in [0, 0.05) is 13.2 Å². The number of hydrogen-bond acceptors (Lipinski definition) is 3. The van der Waals surface area contributed by atoms with E-state index in [1.54, 1.807) is 0 Å². The van der Waals surface area contributed by atoms with Crippen LogP contribution >= 0.6 is 0 Å². The second-order valence-electron chi connectivity index (χ2n) is 4.66. The lowest BCUT2D eigenvalue weighted by atomic mass is 10.0. The van der Waals surface area contributed by atoms with Crippen molar-refractivity contribution in [2.24, 2.45) is 11.7 Å². The van der Waals surface area contributed by atoms with Gasteiger partial charge in [-0.2, -0.15) is 0 Å². The first-order valence-corrected chi connectivity index (χ1v) is 6.22. The molecule has 0 unspecified atom stereocenters. The second kappa shape index (κ2) is 9.60. The van der Waals surface area contributed by atoms with Crippen molar-refractivity contribution in [3.8, 4) is 0 Å². The topological polar surface area (TPSA) is 75.4 Å². The summed E-state index contributed by atoms with van der Waals surface area (Å²) >= 11 is 0. The van der Waals surface area contributed by atoms with E-state index in [1.807, 2.05) is 0 Å². The van der Waals surface area contributed by atoms with E-state index in [2.05, 4.69) is 19.2 Å².